The van der Waals surface area contributed by atoms with E-state index < -0.39 is 0 Å². The van der Waals surface area contributed by atoms with Gasteiger partial charge >= 0.3 is 0 Å². The number of hydrogen-bond donors (Lipinski definition) is 1. The van der Waals surface area contributed by atoms with Gasteiger partial charge in [0.1, 0.15) is 5.75 Å². The van der Waals surface area contributed by atoms with Crippen molar-refractivity contribution in [3.8, 4) is 17.1 Å². The average Bonchev–Trinajstić information content (AvgIpc) is 3.08. The van der Waals surface area contributed by atoms with Crippen LogP contribution in [0.1, 0.15) is 5.89 Å². The first-order chi connectivity index (χ1) is 12.1. The molecule has 3 rings (SSSR count). The van der Waals surface area contributed by atoms with Gasteiger partial charge in [0.2, 0.25) is 11.7 Å². The first-order valence-corrected chi connectivity index (χ1v) is 8.51. The molecule has 0 aliphatic carbocycles. The van der Waals surface area contributed by atoms with Crippen LogP contribution in [0.25, 0.3) is 11.4 Å². The first-order valence-electron chi connectivity index (χ1n) is 7.34. The molecule has 1 aromatic heterocycles. The Hall–Kier alpha value is -2.38. The molecule has 0 bridgehead atoms. The van der Waals surface area contributed by atoms with E-state index in [-0.39, 0.29) is 24.9 Å². The standard InChI is InChI=1S/C17H13BrClN3O3/c18-11-5-7-12(8-6-11)24-10-15(23)20-9-16-21-17(22-25-16)13-3-1-2-4-14(13)19/h1-8H,9-10H2,(H,20,23). The molecule has 0 aliphatic heterocycles. The van der Waals surface area contributed by atoms with E-state index in [1.807, 2.05) is 24.3 Å². The van der Waals surface area contributed by atoms with Crippen molar-refractivity contribution in [2.75, 3.05) is 6.61 Å². The highest BCUT2D eigenvalue weighted by atomic mass is 79.9. The fourth-order valence-corrected chi connectivity index (χ4v) is 2.47. The highest BCUT2D eigenvalue weighted by Gasteiger charge is 2.12. The minimum absolute atomic E-state index is 0.104. The molecule has 0 fully saturated rings. The molecule has 3 aromatic rings. The molecule has 0 radical (unpaired) electrons. The molecule has 0 spiro atoms. The van der Waals surface area contributed by atoms with Gasteiger partial charge in [-0.05, 0) is 36.4 Å². The maximum absolute atomic E-state index is 11.8. The molecule has 0 atom stereocenters. The minimum Gasteiger partial charge on any atom is -0.484 e. The Balaban J connectivity index is 1.51. The van der Waals surface area contributed by atoms with E-state index >= 15 is 0 Å². The Labute approximate surface area is 157 Å². The zero-order valence-electron chi connectivity index (χ0n) is 12.9. The van der Waals surface area contributed by atoms with E-state index in [1.165, 1.54) is 0 Å². The maximum Gasteiger partial charge on any atom is 0.258 e. The van der Waals surface area contributed by atoms with Crippen LogP contribution in [0.5, 0.6) is 5.75 Å². The summed E-state index contributed by atoms with van der Waals surface area (Å²) in [4.78, 5) is 16.0. The zero-order valence-corrected chi connectivity index (χ0v) is 15.3. The van der Waals surface area contributed by atoms with Crippen molar-refractivity contribution in [2.24, 2.45) is 0 Å². The van der Waals surface area contributed by atoms with Crippen LogP contribution in [0, 0.1) is 0 Å². The molecule has 1 amide bonds. The van der Waals surface area contributed by atoms with Gasteiger partial charge in [0.15, 0.2) is 6.61 Å². The molecule has 6 nitrogen and oxygen atoms in total. The third-order valence-corrected chi connectivity index (χ3v) is 4.06. The number of aromatic nitrogens is 2. The maximum atomic E-state index is 11.8. The number of amides is 1. The molecule has 128 valence electrons. The predicted molar refractivity (Wildman–Crippen MR) is 96.2 cm³/mol. The Morgan fingerprint density at radius 1 is 1.20 bits per heavy atom. The Morgan fingerprint density at radius 3 is 2.72 bits per heavy atom. The number of carbonyl (C=O) groups excluding carboxylic acids is 1. The zero-order chi connectivity index (χ0) is 17.6. The number of ether oxygens (including phenoxy) is 1. The second-order valence-electron chi connectivity index (χ2n) is 5.01. The van der Waals surface area contributed by atoms with Crippen molar-refractivity contribution < 1.29 is 14.1 Å². The topological polar surface area (TPSA) is 77.2 Å². The molecule has 1 heterocycles. The van der Waals surface area contributed by atoms with Crippen molar-refractivity contribution in [1.82, 2.24) is 15.5 Å². The summed E-state index contributed by atoms with van der Waals surface area (Å²) in [7, 11) is 0. The summed E-state index contributed by atoms with van der Waals surface area (Å²) in [6, 6.07) is 14.4. The number of halogens is 2. The molecular formula is C17H13BrClN3O3. The van der Waals surface area contributed by atoms with Crippen molar-refractivity contribution in [3.63, 3.8) is 0 Å². The van der Waals surface area contributed by atoms with Gasteiger partial charge in [-0.15, -0.1) is 0 Å². The summed E-state index contributed by atoms with van der Waals surface area (Å²) >= 11 is 9.43. The summed E-state index contributed by atoms with van der Waals surface area (Å²) in [6.07, 6.45) is 0. The van der Waals surface area contributed by atoms with Gasteiger partial charge in [0.25, 0.3) is 5.91 Å². The van der Waals surface area contributed by atoms with Gasteiger partial charge in [0, 0.05) is 10.0 Å². The average molecular weight is 423 g/mol. The van der Waals surface area contributed by atoms with E-state index in [9.17, 15) is 4.79 Å². The summed E-state index contributed by atoms with van der Waals surface area (Å²) in [6.45, 7) is 0.00707. The van der Waals surface area contributed by atoms with Gasteiger partial charge < -0.3 is 14.6 Å². The van der Waals surface area contributed by atoms with Crippen molar-refractivity contribution in [1.29, 1.82) is 0 Å². The number of carbonyl (C=O) groups is 1. The molecule has 1 N–H and O–H groups in total. The Kier molecular flexibility index (Phi) is 5.67. The molecule has 0 unspecified atom stereocenters. The van der Waals surface area contributed by atoms with E-state index in [0.29, 0.717) is 22.2 Å². The van der Waals surface area contributed by atoms with Crippen LogP contribution in [0.4, 0.5) is 0 Å². The third-order valence-electron chi connectivity index (χ3n) is 3.20. The molecule has 2 aromatic carbocycles. The quantitative estimate of drug-likeness (QED) is 0.653. The largest absolute Gasteiger partial charge is 0.484 e. The molecule has 0 aliphatic rings. The Bertz CT molecular complexity index is 868. The van der Waals surface area contributed by atoms with Crippen LogP contribution in [0.15, 0.2) is 57.5 Å². The SMILES string of the molecule is O=C(COc1ccc(Br)cc1)NCc1nc(-c2ccccc2Cl)no1. The number of nitrogens with one attached hydrogen (secondary N) is 1. The van der Waals surface area contributed by atoms with Crippen LogP contribution in [0.3, 0.4) is 0 Å². The lowest BCUT2D eigenvalue weighted by atomic mass is 10.2. The van der Waals surface area contributed by atoms with Gasteiger partial charge in [-0.3, -0.25) is 4.79 Å². The fraction of sp³-hybridized carbons (Fsp3) is 0.118. The lowest BCUT2D eigenvalue weighted by Crippen LogP contribution is -2.28. The second-order valence-corrected chi connectivity index (χ2v) is 6.33. The van der Waals surface area contributed by atoms with E-state index in [4.69, 9.17) is 20.9 Å². The normalized spacial score (nSPS) is 10.5. The third kappa shape index (κ3) is 4.80. The predicted octanol–water partition coefficient (Wildman–Crippen LogP) is 3.85. The van der Waals surface area contributed by atoms with Gasteiger partial charge in [-0.25, -0.2) is 0 Å². The minimum atomic E-state index is -0.291. The van der Waals surface area contributed by atoms with E-state index in [0.717, 1.165) is 4.47 Å². The highest BCUT2D eigenvalue weighted by molar-refractivity contribution is 9.10. The first kappa shape index (κ1) is 17.4. The van der Waals surface area contributed by atoms with Crippen LogP contribution >= 0.6 is 27.5 Å². The molecule has 0 saturated heterocycles. The van der Waals surface area contributed by atoms with Crippen molar-refractivity contribution in [3.05, 3.63) is 63.9 Å². The van der Waals surface area contributed by atoms with Gasteiger partial charge in [-0.2, -0.15) is 4.98 Å². The lowest BCUT2D eigenvalue weighted by Gasteiger charge is -2.06. The summed E-state index contributed by atoms with van der Waals surface area (Å²) in [5.41, 5.74) is 0.670. The number of nitrogens with zero attached hydrogens (tertiary/aromatic N) is 2. The monoisotopic (exact) mass is 421 g/mol. The lowest BCUT2D eigenvalue weighted by molar-refractivity contribution is -0.123. The number of hydrogen-bond acceptors (Lipinski definition) is 5. The van der Waals surface area contributed by atoms with Crippen LogP contribution in [-0.4, -0.2) is 22.7 Å². The smallest absolute Gasteiger partial charge is 0.258 e. The fourth-order valence-electron chi connectivity index (χ4n) is 1.98. The van der Waals surface area contributed by atoms with Crippen LogP contribution < -0.4 is 10.1 Å². The van der Waals surface area contributed by atoms with Crippen LogP contribution in [-0.2, 0) is 11.3 Å². The van der Waals surface area contributed by atoms with E-state index in [1.54, 1.807) is 24.3 Å². The molecule has 25 heavy (non-hydrogen) atoms. The van der Waals surface area contributed by atoms with Crippen molar-refractivity contribution in [2.45, 2.75) is 6.54 Å². The highest BCUT2D eigenvalue weighted by Crippen LogP contribution is 2.24. The molecular weight excluding hydrogens is 410 g/mol. The van der Waals surface area contributed by atoms with E-state index in [2.05, 4.69) is 31.4 Å². The van der Waals surface area contributed by atoms with Crippen molar-refractivity contribution >= 4 is 33.4 Å². The molecule has 8 heteroatoms. The van der Waals surface area contributed by atoms with Crippen LogP contribution in [0.2, 0.25) is 5.02 Å². The summed E-state index contributed by atoms with van der Waals surface area (Å²) < 4.78 is 11.4. The van der Waals surface area contributed by atoms with Gasteiger partial charge in [-0.1, -0.05) is 44.8 Å². The number of benzene rings is 2. The summed E-state index contributed by atoms with van der Waals surface area (Å²) in [5.74, 6) is 0.977. The summed E-state index contributed by atoms with van der Waals surface area (Å²) in [5, 5.41) is 7.06. The second kappa shape index (κ2) is 8.13. The van der Waals surface area contributed by atoms with Gasteiger partial charge in [0.05, 0.1) is 11.6 Å². The Morgan fingerprint density at radius 2 is 1.96 bits per heavy atom. The molecule has 0 saturated carbocycles. The number of rotatable bonds is 6.